The van der Waals surface area contributed by atoms with Gasteiger partial charge in [0, 0.05) is 13.0 Å². The number of amidine groups is 1. The number of hydrogen-bond acceptors (Lipinski definition) is 1. The Morgan fingerprint density at radius 3 is 2.94 bits per heavy atom. The molecule has 1 aromatic rings. The highest BCUT2D eigenvalue weighted by Gasteiger charge is 2.20. The van der Waals surface area contributed by atoms with E-state index in [1.807, 2.05) is 0 Å². The van der Waals surface area contributed by atoms with Gasteiger partial charge in [0.05, 0.1) is 11.9 Å². The van der Waals surface area contributed by atoms with Gasteiger partial charge in [-0.2, -0.15) is 0 Å². The molecule has 2 heteroatoms. The number of nitrogens with one attached hydrogen (secondary N) is 1. The lowest BCUT2D eigenvalue weighted by Gasteiger charge is -2.22. The minimum absolute atomic E-state index is 0.408. The Labute approximate surface area is 96.8 Å². The number of rotatable bonds is 1. The highest BCUT2D eigenvalue weighted by atomic mass is 15.0. The van der Waals surface area contributed by atoms with E-state index in [9.17, 15) is 0 Å². The quantitative estimate of drug-likeness (QED) is 0.763. The molecule has 0 saturated carbocycles. The molecule has 2 nitrogen and oxygen atoms in total. The van der Waals surface area contributed by atoms with Gasteiger partial charge in [-0.05, 0) is 36.8 Å². The molecule has 1 saturated heterocycles. The lowest BCUT2D eigenvalue weighted by atomic mass is 9.88. The van der Waals surface area contributed by atoms with E-state index >= 15 is 0 Å². The third-order valence-electron chi connectivity index (χ3n) is 3.57. The van der Waals surface area contributed by atoms with Crippen LogP contribution in [0, 0.1) is 0 Å². The van der Waals surface area contributed by atoms with Crippen molar-refractivity contribution in [2.45, 2.75) is 38.1 Å². The van der Waals surface area contributed by atoms with Crippen LogP contribution in [0.4, 0.5) is 0 Å². The van der Waals surface area contributed by atoms with E-state index in [4.69, 9.17) is 4.99 Å². The Bertz CT molecular complexity index is 401. The van der Waals surface area contributed by atoms with Crippen molar-refractivity contribution in [3.8, 4) is 0 Å². The summed E-state index contributed by atoms with van der Waals surface area (Å²) in [7, 11) is 0. The van der Waals surface area contributed by atoms with Crippen LogP contribution < -0.4 is 5.32 Å². The van der Waals surface area contributed by atoms with E-state index in [0.29, 0.717) is 6.04 Å². The molecule has 1 aliphatic heterocycles. The average molecular weight is 214 g/mol. The molecule has 16 heavy (non-hydrogen) atoms. The molecule has 0 aromatic heterocycles. The highest BCUT2D eigenvalue weighted by Crippen LogP contribution is 2.32. The van der Waals surface area contributed by atoms with Gasteiger partial charge < -0.3 is 5.32 Å². The molecule has 0 unspecified atom stereocenters. The van der Waals surface area contributed by atoms with Gasteiger partial charge in [-0.15, -0.1) is 0 Å². The summed E-state index contributed by atoms with van der Waals surface area (Å²) in [5.41, 5.74) is 2.95. The first-order chi connectivity index (χ1) is 7.93. The molecule has 1 atom stereocenters. The fourth-order valence-electron chi connectivity index (χ4n) is 2.74. The van der Waals surface area contributed by atoms with Crippen molar-refractivity contribution in [2.24, 2.45) is 4.99 Å². The summed E-state index contributed by atoms with van der Waals surface area (Å²) >= 11 is 0. The zero-order valence-electron chi connectivity index (χ0n) is 9.58. The molecule has 1 fully saturated rings. The Morgan fingerprint density at radius 1 is 1.12 bits per heavy atom. The molecule has 0 bridgehead atoms. The van der Waals surface area contributed by atoms with Gasteiger partial charge in [0.15, 0.2) is 0 Å². The van der Waals surface area contributed by atoms with Crippen molar-refractivity contribution in [1.29, 1.82) is 0 Å². The van der Waals surface area contributed by atoms with Crippen LogP contribution in [0.3, 0.4) is 0 Å². The van der Waals surface area contributed by atoms with Crippen molar-refractivity contribution < 1.29 is 0 Å². The monoisotopic (exact) mass is 214 g/mol. The molecule has 1 N–H and O–H groups in total. The topological polar surface area (TPSA) is 24.4 Å². The lowest BCUT2D eigenvalue weighted by Crippen LogP contribution is -2.17. The van der Waals surface area contributed by atoms with E-state index in [2.05, 4.69) is 29.6 Å². The lowest BCUT2D eigenvalue weighted by molar-refractivity contribution is 0.570. The van der Waals surface area contributed by atoms with E-state index in [-0.39, 0.29) is 0 Å². The van der Waals surface area contributed by atoms with Crippen LogP contribution in [-0.4, -0.2) is 12.4 Å². The Balaban J connectivity index is 1.89. The van der Waals surface area contributed by atoms with Gasteiger partial charge in [0.25, 0.3) is 0 Å². The van der Waals surface area contributed by atoms with E-state index < -0.39 is 0 Å². The first kappa shape index (κ1) is 9.88. The maximum Gasteiger partial charge on any atom is 0.0971 e. The van der Waals surface area contributed by atoms with E-state index in [1.54, 1.807) is 0 Å². The molecular weight excluding hydrogens is 196 g/mol. The van der Waals surface area contributed by atoms with Gasteiger partial charge in [0.2, 0.25) is 0 Å². The molecule has 0 spiro atoms. The second kappa shape index (κ2) is 4.28. The van der Waals surface area contributed by atoms with Crippen molar-refractivity contribution in [3.63, 3.8) is 0 Å². The number of aryl methyl sites for hydroxylation is 1. The molecule has 1 heterocycles. The summed E-state index contributed by atoms with van der Waals surface area (Å²) in [5, 5.41) is 3.38. The Kier molecular flexibility index (Phi) is 2.65. The average Bonchev–Trinajstić information content (AvgIpc) is 2.82. The van der Waals surface area contributed by atoms with Crippen LogP contribution >= 0.6 is 0 Å². The minimum atomic E-state index is 0.408. The van der Waals surface area contributed by atoms with Crippen molar-refractivity contribution in [3.05, 3.63) is 35.4 Å². The number of aliphatic imine (C=N–C) groups is 1. The summed E-state index contributed by atoms with van der Waals surface area (Å²) < 4.78 is 0. The molecule has 1 aromatic carbocycles. The summed E-state index contributed by atoms with van der Waals surface area (Å²) in [5.74, 6) is 1.22. The van der Waals surface area contributed by atoms with Gasteiger partial charge in [-0.3, -0.25) is 4.99 Å². The normalized spacial score (nSPS) is 26.5. The van der Waals surface area contributed by atoms with E-state index in [1.165, 1.54) is 42.6 Å². The number of hydrogen-bond donors (Lipinski definition) is 1. The molecule has 0 radical (unpaired) electrons. The predicted octanol–water partition coefficient (Wildman–Crippen LogP) is 2.85. The smallest absolute Gasteiger partial charge is 0.0971 e. The van der Waals surface area contributed by atoms with Crippen molar-refractivity contribution >= 4 is 5.84 Å². The minimum Gasteiger partial charge on any atom is -0.374 e. The molecule has 1 aliphatic carbocycles. The van der Waals surface area contributed by atoms with Crippen LogP contribution in [0.1, 0.15) is 42.9 Å². The first-order valence-electron chi connectivity index (χ1n) is 6.32. The summed E-state index contributed by atoms with van der Waals surface area (Å²) in [6, 6.07) is 9.19. The summed E-state index contributed by atoms with van der Waals surface area (Å²) in [4.78, 5) is 4.88. The van der Waals surface area contributed by atoms with Crippen molar-refractivity contribution in [2.75, 3.05) is 6.54 Å². The number of benzene rings is 1. The van der Waals surface area contributed by atoms with Crippen LogP contribution in [0.5, 0.6) is 0 Å². The zero-order chi connectivity index (χ0) is 10.8. The van der Waals surface area contributed by atoms with Gasteiger partial charge in [0.1, 0.15) is 0 Å². The predicted molar refractivity (Wildman–Crippen MR) is 66.8 cm³/mol. The zero-order valence-corrected chi connectivity index (χ0v) is 9.58. The maximum absolute atomic E-state index is 4.88. The largest absolute Gasteiger partial charge is 0.374 e. The molecule has 2 aliphatic rings. The second-order valence-electron chi connectivity index (χ2n) is 4.71. The maximum atomic E-state index is 4.88. The Hall–Kier alpha value is -1.31. The van der Waals surface area contributed by atoms with Crippen LogP contribution in [-0.2, 0) is 6.42 Å². The number of fused-ring (bicyclic) bond motifs is 1. The van der Waals surface area contributed by atoms with Crippen molar-refractivity contribution in [1.82, 2.24) is 5.32 Å². The van der Waals surface area contributed by atoms with Crippen LogP contribution in [0.25, 0.3) is 0 Å². The van der Waals surface area contributed by atoms with Crippen LogP contribution in [0.15, 0.2) is 29.3 Å². The summed E-state index contributed by atoms with van der Waals surface area (Å²) in [6.07, 6.45) is 6.09. The third-order valence-corrected chi connectivity index (χ3v) is 3.57. The third kappa shape index (κ3) is 1.84. The molecule has 84 valence electrons. The highest BCUT2D eigenvalue weighted by molar-refractivity contribution is 5.84. The van der Waals surface area contributed by atoms with Gasteiger partial charge >= 0.3 is 0 Å². The fourth-order valence-corrected chi connectivity index (χ4v) is 2.74. The summed E-state index contributed by atoms with van der Waals surface area (Å²) in [6.45, 7) is 1.10. The molecular formula is C14H18N2. The number of nitrogens with zero attached hydrogens (tertiary/aromatic N) is 1. The fraction of sp³-hybridized carbons (Fsp3) is 0.500. The van der Waals surface area contributed by atoms with Gasteiger partial charge in [-0.25, -0.2) is 0 Å². The molecule has 3 rings (SSSR count). The molecule has 0 amide bonds. The Morgan fingerprint density at radius 2 is 2.06 bits per heavy atom. The standard InChI is InChI=1S/C14H18N2/c1-2-7-12-11(5-1)6-3-8-13(12)16-14-9-4-10-15-14/h1-2,5,7,13H,3-4,6,8-10H2,(H,15,16)/t13-/m0/s1. The van der Waals surface area contributed by atoms with Gasteiger partial charge in [-0.1, -0.05) is 24.3 Å². The first-order valence-corrected chi connectivity index (χ1v) is 6.32. The second-order valence-corrected chi connectivity index (χ2v) is 4.71. The van der Waals surface area contributed by atoms with Crippen LogP contribution in [0.2, 0.25) is 0 Å². The SMILES string of the molecule is c1ccc2c(c1)CCC[C@@H]2N=C1CCCN1. The van der Waals surface area contributed by atoms with E-state index in [0.717, 1.165) is 13.0 Å².